The average molecular weight is 717 g/mol. The van der Waals surface area contributed by atoms with E-state index in [1.54, 1.807) is 0 Å². The molecule has 0 N–H and O–H groups in total. The van der Waals surface area contributed by atoms with Gasteiger partial charge in [0.05, 0.1) is 5.41 Å². The molecule has 0 aliphatic heterocycles. The molecule has 0 aromatic heterocycles. The Kier molecular flexibility index (Phi) is 7.03. The molecule has 4 bridgehead atoms. The molecule has 8 aromatic rings. The summed E-state index contributed by atoms with van der Waals surface area (Å²) in [6.07, 6.45) is 0.878. The Morgan fingerprint density at radius 2 is 0.589 bits per heavy atom. The van der Waals surface area contributed by atoms with Crippen LogP contribution in [0.3, 0.4) is 0 Å². The number of benzene rings is 8. The van der Waals surface area contributed by atoms with E-state index in [1.807, 2.05) is 0 Å². The van der Waals surface area contributed by atoms with Crippen molar-refractivity contribution in [2.75, 3.05) is 0 Å². The fourth-order valence-electron chi connectivity index (χ4n) is 10.4. The molecule has 56 heavy (non-hydrogen) atoms. The molecule has 268 valence electrons. The Morgan fingerprint density at radius 1 is 0.286 bits per heavy atom. The van der Waals surface area contributed by atoms with Gasteiger partial charge in [0.25, 0.3) is 0 Å². The van der Waals surface area contributed by atoms with Crippen LogP contribution in [0.5, 0.6) is 0 Å². The molecule has 3 aliphatic rings. The molecule has 3 aliphatic carbocycles. The normalized spacial score (nSPS) is 13.6. The highest BCUT2D eigenvalue weighted by Crippen LogP contribution is 2.64. The van der Waals surface area contributed by atoms with Gasteiger partial charge in [-0.3, -0.25) is 0 Å². The molecule has 0 unspecified atom stereocenters. The van der Waals surface area contributed by atoms with Gasteiger partial charge in [-0.15, -0.1) is 0 Å². The van der Waals surface area contributed by atoms with Gasteiger partial charge in [0, 0.05) is 0 Å². The number of fused-ring (bicyclic) bond motifs is 10. The van der Waals surface area contributed by atoms with Gasteiger partial charge < -0.3 is 0 Å². The summed E-state index contributed by atoms with van der Waals surface area (Å²) in [5.74, 6) is 0. The number of aryl methyl sites for hydroxylation is 6. The highest BCUT2D eigenvalue weighted by atomic mass is 14.5. The molecule has 0 saturated heterocycles. The van der Waals surface area contributed by atoms with E-state index in [0.717, 1.165) is 6.42 Å². The van der Waals surface area contributed by atoms with Crippen molar-refractivity contribution in [1.82, 2.24) is 0 Å². The van der Waals surface area contributed by atoms with Crippen LogP contribution in [0.15, 0.2) is 146 Å². The molecule has 0 amide bonds. The molecule has 0 atom stereocenters. The summed E-state index contributed by atoms with van der Waals surface area (Å²) in [6, 6.07) is 57.3. The number of rotatable bonds is 2. The topological polar surface area (TPSA) is 0 Å². The van der Waals surface area contributed by atoms with Crippen molar-refractivity contribution in [3.8, 4) is 66.8 Å². The molecule has 0 fully saturated rings. The van der Waals surface area contributed by atoms with Gasteiger partial charge >= 0.3 is 0 Å². The first kappa shape index (κ1) is 33.1. The van der Waals surface area contributed by atoms with Crippen LogP contribution in [0.4, 0.5) is 0 Å². The van der Waals surface area contributed by atoms with Crippen molar-refractivity contribution in [3.63, 3.8) is 0 Å². The molecular formula is C56H44. The maximum atomic E-state index is 2.57. The molecule has 0 nitrogen and oxygen atoms in total. The lowest BCUT2D eigenvalue weighted by atomic mass is 9.69. The van der Waals surface area contributed by atoms with Gasteiger partial charge in [-0.05, 0) is 183 Å². The Hall–Kier alpha value is -6.24. The van der Waals surface area contributed by atoms with E-state index in [9.17, 15) is 0 Å². The number of hydrogen-bond acceptors (Lipinski definition) is 0. The second kappa shape index (κ2) is 11.9. The molecule has 1 spiro atoms. The third kappa shape index (κ3) is 4.66. The zero-order chi connectivity index (χ0) is 38.0. The first-order chi connectivity index (χ1) is 27.2. The second-order valence-corrected chi connectivity index (χ2v) is 16.9. The lowest BCUT2D eigenvalue weighted by molar-refractivity contribution is 0.795. The maximum absolute atomic E-state index is 2.57. The lowest BCUT2D eigenvalue weighted by Crippen LogP contribution is -2.26. The Bertz CT molecular complexity index is 2780. The monoisotopic (exact) mass is 716 g/mol. The van der Waals surface area contributed by atoms with Crippen molar-refractivity contribution >= 4 is 0 Å². The summed E-state index contributed by atoms with van der Waals surface area (Å²) in [5, 5.41) is 0. The van der Waals surface area contributed by atoms with Crippen molar-refractivity contribution in [2.45, 2.75) is 53.4 Å². The fourth-order valence-corrected chi connectivity index (χ4v) is 10.4. The summed E-state index contributed by atoms with van der Waals surface area (Å²) >= 11 is 0. The van der Waals surface area contributed by atoms with Crippen LogP contribution in [0.2, 0.25) is 0 Å². The SMILES string of the molecule is Cc1ccc(C)c(-c2ccc3c(c2)C24c5cc(-c6cc(C)ccc6C)ccc5-c5ccc(cc52)-c2cc(C)ccc2Cc2ccc(C)cc2-c2ccc-3c4c2)c1. The standard InChI is InChI=1S/C56H44/c1-32-7-11-36(5)48(23-32)40-15-19-44-46-21-17-42-30-54(46)56(52(44)28-40)53-29-41(49-24-33(2)8-12-37(49)6)16-20-45(53)47-22-18-43(31-55(47)56)51-26-35(4)10-14-39(51)27-38-13-9-34(3)25-50(38)42/h7-26,28-31H,27H2,1-6H3. The molecule has 11 rings (SSSR count). The van der Waals surface area contributed by atoms with Crippen LogP contribution >= 0.6 is 0 Å². The second-order valence-electron chi connectivity index (χ2n) is 16.9. The largest absolute Gasteiger partial charge is 0.0726 e. The van der Waals surface area contributed by atoms with E-state index < -0.39 is 5.41 Å². The van der Waals surface area contributed by atoms with E-state index in [-0.39, 0.29) is 0 Å². The van der Waals surface area contributed by atoms with Crippen molar-refractivity contribution < 1.29 is 0 Å². The molecular weight excluding hydrogens is 673 g/mol. The van der Waals surface area contributed by atoms with Crippen molar-refractivity contribution in [3.05, 3.63) is 212 Å². The Morgan fingerprint density at radius 3 is 0.946 bits per heavy atom. The Balaban J connectivity index is 1.31. The van der Waals surface area contributed by atoms with Gasteiger partial charge in [0.1, 0.15) is 0 Å². The maximum Gasteiger partial charge on any atom is 0.0726 e. The van der Waals surface area contributed by atoms with Crippen LogP contribution in [0.25, 0.3) is 66.8 Å². The molecule has 8 aromatic carbocycles. The first-order valence-electron chi connectivity index (χ1n) is 20.1. The molecule has 0 heteroatoms. The van der Waals surface area contributed by atoms with Crippen LogP contribution in [-0.2, 0) is 11.8 Å². The number of hydrogen-bond donors (Lipinski definition) is 0. The zero-order valence-corrected chi connectivity index (χ0v) is 33.1. The van der Waals surface area contributed by atoms with Crippen molar-refractivity contribution in [1.29, 1.82) is 0 Å². The van der Waals surface area contributed by atoms with E-state index in [1.165, 1.54) is 134 Å². The quantitative estimate of drug-likeness (QED) is 0.167. The van der Waals surface area contributed by atoms with Gasteiger partial charge in [-0.1, -0.05) is 144 Å². The van der Waals surface area contributed by atoms with Crippen LogP contribution in [0, 0.1) is 41.5 Å². The Labute approximate surface area is 331 Å². The van der Waals surface area contributed by atoms with E-state index in [0.29, 0.717) is 0 Å². The summed E-state index contributed by atoms with van der Waals surface area (Å²) < 4.78 is 0. The molecule has 0 heterocycles. The highest BCUT2D eigenvalue weighted by Gasteiger charge is 2.52. The van der Waals surface area contributed by atoms with E-state index >= 15 is 0 Å². The molecule has 0 saturated carbocycles. The zero-order valence-electron chi connectivity index (χ0n) is 33.1. The first-order valence-corrected chi connectivity index (χ1v) is 20.1. The molecule has 0 radical (unpaired) electrons. The highest BCUT2D eigenvalue weighted by molar-refractivity contribution is 5.99. The summed E-state index contributed by atoms with van der Waals surface area (Å²) in [4.78, 5) is 0. The smallest absolute Gasteiger partial charge is 0.0590 e. The van der Waals surface area contributed by atoms with Gasteiger partial charge in [-0.25, -0.2) is 0 Å². The minimum atomic E-state index is -0.518. The van der Waals surface area contributed by atoms with Gasteiger partial charge in [0.2, 0.25) is 0 Å². The van der Waals surface area contributed by atoms with E-state index in [4.69, 9.17) is 0 Å². The predicted molar refractivity (Wildman–Crippen MR) is 236 cm³/mol. The van der Waals surface area contributed by atoms with Crippen molar-refractivity contribution in [2.24, 2.45) is 0 Å². The lowest BCUT2D eigenvalue weighted by Gasteiger charge is -2.32. The third-order valence-electron chi connectivity index (χ3n) is 13.2. The predicted octanol–water partition coefficient (Wildman–Crippen LogP) is 14.5. The summed E-state index contributed by atoms with van der Waals surface area (Å²) in [6.45, 7) is 13.4. The van der Waals surface area contributed by atoms with Crippen LogP contribution in [0.1, 0.15) is 66.8 Å². The fraction of sp³-hybridized carbons (Fsp3) is 0.143. The summed E-state index contributed by atoms with van der Waals surface area (Å²) in [7, 11) is 0. The summed E-state index contributed by atoms with van der Waals surface area (Å²) in [5.41, 5.74) is 31.2. The van der Waals surface area contributed by atoms with Gasteiger partial charge in [-0.2, -0.15) is 0 Å². The average Bonchev–Trinajstić information content (AvgIpc) is 3.66. The van der Waals surface area contributed by atoms with Crippen LogP contribution in [-0.4, -0.2) is 0 Å². The van der Waals surface area contributed by atoms with Gasteiger partial charge in [0.15, 0.2) is 0 Å². The minimum Gasteiger partial charge on any atom is -0.0590 e. The third-order valence-corrected chi connectivity index (χ3v) is 13.2. The van der Waals surface area contributed by atoms with E-state index in [2.05, 4.69) is 187 Å². The van der Waals surface area contributed by atoms with Crippen LogP contribution < -0.4 is 0 Å². The minimum absolute atomic E-state index is 0.518.